The number of unbranched alkanes of at least 4 members (excludes halogenated alkanes) is 5. The number of hydrogen-bond acceptors (Lipinski definition) is 1. The molecule has 32 heavy (non-hydrogen) atoms. The van der Waals surface area contributed by atoms with E-state index >= 15 is 0 Å². The smallest absolute Gasteiger partial charge is 0.0571 e. The van der Waals surface area contributed by atoms with Crippen LogP contribution in [0.25, 0.3) is 52.8 Å². The molecule has 2 heterocycles. The van der Waals surface area contributed by atoms with Crippen LogP contribution >= 0.6 is 11.3 Å². The molecule has 0 radical (unpaired) electrons. The molecule has 2 aromatic heterocycles. The molecule has 0 bridgehead atoms. The van der Waals surface area contributed by atoms with Crippen LogP contribution in [0.3, 0.4) is 0 Å². The third-order valence-electron chi connectivity index (χ3n) is 7.00. The van der Waals surface area contributed by atoms with E-state index in [0.29, 0.717) is 0 Å². The van der Waals surface area contributed by atoms with Crippen molar-refractivity contribution in [3.8, 4) is 0 Å². The van der Waals surface area contributed by atoms with E-state index in [0.717, 1.165) is 6.54 Å². The molecule has 0 unspecified atom stereocenters. The van der Waals surface area contributed by atoms with Gasteiger partial charge in [0.1, 0.15) is 0 Å². The highest BCUT2D eigenvalue weighted by Crippen LogP contribution is 2.42. The van der Waals surface area contributed by atoms with Crippen molar-refractivity contribution >= 4 is 64.1 Å². The first-order valence-electron chi connectivity index (χ1n) is 12.1. The van der Waals surface area contributed by atoms with Crippen LogP contribution in [-0.2, 0) is 6.54 Å². The first-order chi connectivity index (χ1) is 15.9. The van der Waals surface area contributed by atoms with E-state index in [1.165, 1.54) is 91.3 Å². The maximum Gasteiger partial charge on any atom is 0.0571 e. The maximum atomic E-state index is 2.60. The Balaban J connectivity index is 1.54. The largest absolute Gasteiger partial charge is 0.340 e. The van der Waals surface area contributed by atoms with Crippen LogP contribution in [-0.4, -0.2) is 4.57 Å². The fraction of sp³-hybridized carbons (Fsp3) is 0.267. The van der Waals surface area contributed by atoms with Crippen LogP contribution in [0.5, 0.6) is 0 Å². The Labute approximate surface area is 193 Å². The summed E-state index contributed by atoms with van der Waals surface area (Å²) in [6.07, 6.45) is 7.97. The third-order valence-corrected chi connectivity index (χ3v) is 8.22. The minimum absolute atomic E-state index is 1.10. The van der Waals surface area contributed by atoms with Crippen LogP contribution < -0.4 is 0 Å². The molecule has 6 rings (SSSR count). The normalized spacial score (nSPS) is 12.2. The number of para-hydroxylation sites is 1. The second kappa shape index (κ2) is 8.26. The zero-order valence-corrected chi connectivity index (χ0v) is 19.5. The monoisotopic (exact) mass is 435 g/mol. The van der Waals surface area contributed by atoms with Gasteiger partial charge in [-0.15, -0.1) is 11.3 Å². The van der Waals surface area contributed by atoms with Gasteiger partial charge in [0.15, 0.2) is 0 Å². The van der Waals surface area contributed by atoms with Gasteiger partial charge in [-0.2, -0.15) is 0 Å². The first-order valence-corrected chi connectivity index (χ1v) is 12.9. The fourth-order valence-electron chi connectivity index (χ4n) is 5.42. The summed E-state index contributed by atoms with van der Waals surface area (Å²) in [6.45, 7) is 3.39. The van der Waals surface area contributed by atoms with Gasteiger partial charge in [-0.1, -0.05) is 99.7 Å². The molecular weight excluding hydrogens is 406 g/mol. The van der Waals surface area contributed by atoms with Gasteiger partial charge in [0.25, 0.3) is 0 Å². The lowest BCUT2D eigenvalue weighted by Crippen LogP contribution is -1.98. The molecule has 4 aromatic carbocycles. The lowest BCUT2D eigenvalue weighted by Gasteiger charge is -2.10. The Morgan fingerprint density at radius 1 is 0.594 bits per heavy atom. The highest BCUT2D eigenvalue weighted by molar-refractivity contribution is 7.26. The number of thiophene rings is 1. The van der Waals surface area contributed by atoms with Gasteiger partial charge < -0.3 is 4.57 Å². The Morgan fingerprint density at radius 2 is 1.22 bits per heavy atom. The summed E-state index contributed by atoms with van der Waals surface area (Å²) in [4.78, 5) is 0. The zero-order valence-electron chi connectivity index (χ0n) is 18.7. The van der Waals surface area contributed by atoms with Gasteiger partial charge in [0, 0.05) is 53.8 Å². The van der Waals surface area contributed by atoms with Gasteiger partial charge in [-0.25, -0.2) is 0 Å². The van der Waals surface area contributed by atoms with Crippen molar-refractivity contribution in [1.82, 2.24) is 4.57 Å². The summed E-state index contributed by atoms with van der Waals surface area (Å²) >= 11 is 1.93. The van der Waals surface area contributed by atoms with Crippen LogP contribution in [0.15, 0.2) is 72.8 Å². The van der Waals surface area contributed by atoms with E-state index in [2.05, 4.69) is 84.3 Å². The third kappa shape index (κ3) is 3.12. The Morgan fingerprint density at radius 3 is 2.06 bits per heavy atom. The first kappa shape index (κ1) is 19.8. The molecule has 2 heteroatoms. The lowest BCUT2D eigenvalue weighted by atomic mass is 10.0. The van der Waals surface area contributed by atoms with Gasteiger partial charge >= 0.3 is 0 Å². The number of hydrogen-bond donors (Lipinski definition) is 0. The van der Waals surface area contributed by atoms with Crippen LogP contribution in [0.2, 0.25) is 0 Å². The molecule has 0 saturated carbocycles. The van der Waals surface area contributed by atoms with Crippen LogP contribution in [0.4, 0.5) is 0 Å². The Kier molecular flexibility index (Phi) is 5.11. The summed E-state index contributed by atoms with van der Waals surface area (Å²) in [5, 5.41) is 8.32. The van der Waals surface area contributed by atoms with E-state index in [9.17, 15) is 0 Å². The molecule has 160 valence electrons. The van der Waals surface area contributed by atoms with Crippen LogP contribution in [0, 0.1) is 0 Å². The number of aryl methyl sites for hydroxylation is 1. The molecule has 1 nitrogen and oxygen atoms in total. The second-order valence-electron chi connectivity index (χ2n) is 9.03. The highest BCUT2D eigenvalue weighted by atomic mass is 32.1. The predicted octanol–water partition coefficient (Wildman–Crippen LogP) is 9.68. The van der Waals surface area contributed by atoms with Crippen molar-refractivity contribution in [2.75, 3.05) is 0 Å². The number of nitrogens with zero attached hydrogens (tertiary/aromatic N) is 1. The average molecular weight is 436 g/mol. The summed E-state index contributed by atoms with van der Waals surface area (Å²) in [5.41, 5.74) is 2.79. The van der Waals surface area contributed by atoms with Gasteiger partial charge in [0.05, 0.1) is 5.52 Å². The van der Waals surface area contributed by atoms with Crippen molar-refractivity contribution in [3.05, 3.63) is 72.8 Å². The van der Waals surface area contributed by atoms with E-state index in [4.69, 9.17) is 0 Å². The molecule has 0 atom stereocenters. The van der Waals surface area contributed by atoms with Crippen LogP contribution in [0.1, 0.15) is 45.4 Å². The maximum absolute atomic E-state index is 2.60. The molecule has 0 aliphatic carbocycles. The van der Waals surface area contributed by atoms with Crippen molar-refractivity contribution in [2.24, 2.45) is 0 Å². The van der Waals surface area contributed by atoms with Crippen molar-refractivity contribution in [1.29, 1.82) is 0 Å². The van der Waals surface area contributed by atoms with Crippen molar-refractivity contribution in [2.45, 2.75) is 52.0 Å². The molecule has 0 aliphatic rings. The summed E-state index contributed by atoms with van der Waals surface area (Å²) in [6, 6.07) is 27.2. The minimum atomic E-state index is 1.10. The highest BCUT2D eigenvalue weighted by Gasteiger charge is 2.15. The second-order valence-corrected chi connectivity index (χ2v) is 10.1. The van der Waals surface area contributed by atoms with Gasteiger partial charge in [-0.3, -0.25) is 0 Å². The van der Waals surface area contributed by atoms with E-state index < -0.39 is 0 Å². The fourth-order valence-corrected chi connectivity index (χ4v) is 6.65. The average Bonchev–Trinajstić information content (AvgIpc) is 3.37. The topological polar surface area (TPSA) is 4.93 Å². The number of fused-ring (bicyclic) bond motifs is 9. The molecule has 6 aromatic rings. The minimum Gasteiger partial charge on any atom is -0.340 e. The molecule has 0 N–H and O–H groups in total. The quantitative estimate of drug-likeness (QED) is 0.220. The summed E-state index contributed by atoms with van der Waals surface area (Å²) in [5.74, 6) is 0. The van der Waals surface area contributed by atoms with E-state index in [1.54, 1.807) is 0 Å². The Bertz CT molecular complexity index is 1570. The standard InChI is InChI=1S/C30H29NS/c1-2-3-4-5-6-11-20-31-27-14-9-7-12-21(27)23-16-19-26-24(29(23)31)17-18-25-22-13-8-10-15-28(22)32-30(25)26/h7-10,12-19H,2-6,11,20H2,1H3. The molecular formula is C30H29NS. The SMILES string of the molecule is CCCCCCCCn1c2ccccc2c2ccc3c(ccc4c5ccccc5sc43)c21. The van der Waals surface area contributed by atoms with Crippen molar-refractivity contribution in [3.63, 3.8) is 0 Å². The van der Waals surface area contributed by atoms with E-state index in [1.807, 2.05) is 11.3 Å². The number of aromatic nitrogens is 1. The van der Waals surface area contributed by atoms with Gasteiger partial charge in [-0.05, 0) is 18.6 Å². The van der Waals surface area contributed by atoms with Gasteiger partial charge in [0.2, 0.25) is 0 Å². The predicted molar refractivity (Wildman–Crippen MR) is 143 cm³/mol. The summed E-state index contributed by atoms with van der Waals surface area (Å²) < 4.78 is 5.40. The zero-order chi connectivity index (χ0) is 21.5. The Hall–Kier alpha value is -2.84. The number of rotatable bonds is 7. The van der Waals surface area contributed by atoms with Crippen molar-refractivity contribution < 1.29 is 0 Å². The molecule has 0 amide bonds. The van der Waals surface area contributed by atoms with E-state index in [-0.39, 0.29) is 0 Å². The molecule has 0 spiro atoms. The molecule has 0 aliphatic heterocycles. The molecule has 0 fully saturated rings. The summed E-state index contributed by atoms with van der Waals surface area (Å²) in [7, 11) is 0. The molecule has 0 saturated heterocycles. The number of benzene rings is 4. The lowest BCUT2D eigenvalue weighted by molar-refractivity contribution is 0.571.